The molecular formula is C19H14Cl2N2O3S. The monoisotopic (exact) mass is 420 g/mol. The van der Waals surface area contributed by atoms with E-state index in [1.165, 1.54) is 30.4 Å². The van der Waals surface area contributed by atoms with Crippen LogP contribution >= 0.6 is 34.5 Å². The summed E-state index contributed by atoms with van der Waals surface area (Å²) < 4.78 is 6.14. The topological polar surface area (TPSA) is 68.3 Å². The maximum absolute atomic E-state index is 12.2. The molecule has 0 saturated carbocycles. The Kier molecular flexibility index (Phi) is 6.11. The first-order valence-electron chi connectivity index (χ1n) is 7.92. The minimum atomic E-state index is -0.996. The van der Waals surface area contributed by atoms with E-state index in [9.17, 15) is 9.59 Å². The van der Waals surface area contributed by atoms with Crippen LogP contribution in [0.25, 0.3) is 16.3 Å². The second-order valence-electron chi connectivity index (χ2n) is 5.55. The van der Waals surface area contributed by atoms with Crippen LogP contribution in [-0.4, -0.2) is 23.0 Å². The minimum Gasteiger partial charge on any atom is -0.449 e. The third kappa shape index (κ3) is 5.07. The van der Waals surface area contributed by atoms with E-state index in [1.54, 1.807) is 18.2 Å². The van der Waals surface area contributed by atoms with Crippen molar-refractivity contribution >= 4 is 68.4 Å². The Morgan fingerprint density at radius 2 is 2.00 bits per heavy atom. The highest BCUT2D eigenvalue weighted by Gasteiger charge is 2.18. The van der Waals surface area contributed by atoms with Gasteiger partial charge >= 0.3 is 5.97 Å². The Balaban J connectivity index is 1.58. The Morgan fingerprint density at radius 1 is 1.22 bits per heavy atom. The van der Waals surface area contributed by atoms with Crippen LogP contribution in [0, 0.1) is 0 Å². The number of thiazole rings is 1. The van der Waals surface area contributed by atoms with E-state index in [2.05, 4.69) is 10.3 Å². The van der Waals surface area contributed by atoms with Crippen molar-refractivity contribution < 1.29 is 14.3 Å². The zero-order valence-corrected chi connectivity index (χ0v) is 16.4. The van der Waals surface area contributed by atoms with Crippen LogP contribution < -0.4 is 5.32 Å². The van der Waals surface area contributed by atoms with Crippen LogP contribution in [0.5, 0.6) is 0 Å². The molecule has 0 fully saturated rings. The zero-order chi connectivity index (χ0) is 19.4. The van der Waals surface area contributed by atoms with E-state index in [4.69, 9.17) is 27.9 Å². The van der Waals surface area contributed by atoms with Crippen LogP contribution in [0.4, 0.5) is 5.69 Å². The van der Waals surface area contributed by atoms with Crippen molar-refractivity contribution in [3.05, 3.63) is 63.6 Å². The smallest absolute Gasteiger partial charge is 0.331 e. The quantitative estimate of drug-likeness (QED) is 0.455. The minimum absolute atomic E-state index is 0.296. The number of esters is 1. The van der Waals surface area contributed by atoms with Gasteiger partial charge in [0.25, 0.3) is 5.91 Å². The molecule has 1 N–H and O–H groups in total. The number of ether oxygens (including phenoxy) is 1. The lowest BCUT2D eigenvalue weighted by Crippen LogP contribution is -2.29. The average Bonchev–Trinajstić information content (AvgIpc) is 3.05. The third-order valence-electron chi connectivity index (χ3n) is 3.52. The predicted octanol–water partition coefficient (Wildman–Crippen LogP) is 5.19. The van der Waals surface area contributed by atoms with Crippen LogP contribution in [0.15, 0.2) is 48.5 Å². The number of para-hydroxylation sites is 1. The Bertz CT molecular complexity index is 1000. The molecule has 2 aromatic carbocycles. The number of nitrogens with one attached hydrogen (secondary N) is 1. The molecule has 0 aliphatic carbocycles. The van der Waals surface area contributed by atoms with Crippen molar-refractivity contribution in [2.24, 2.45) is 0 Å². The summed E-state index contributed by atoms with van der Waals surface area (Å²) in [5.41, 5.74) is 1.25. The maximum Gasteiger partial charge on any atom is 0.331 e. The number of nitrogens with zero attached hydrogens (tertiary/aromatic N) is 1. The summed E-state index contributed by atoms with van der Waals surface area (Å²) in [6, 6.07) is 12.4. The number of hydrogen-bond acceptors (Lipinski definition) is 5. The maximum atomic E-state index is 12.2. The second-order valence-corrected chi connectivity index (χ2v) is 7.45. The first-order valence-corrected chi connectivity index (χ1v) is 9.50. The number of hydrogen-bond donors (Lipinski definition) is 1. The number of carbonyl (C=O) groups is 2. The molecule has 0 radical (unpaired) electrons. The molecule has 0 aliphatic heterocycles. The number of carbonyl (C=O) groups excluding carboxylic acids is 2. The van der Waals surface area contributed by atoms with Crippen molar-refractivity contribution in [2.45, 2.75) is 13.0 Å². The van der Waals surface area contributed by atoms with E-state index in [-0.39, 0.29) is 0 Å². The fourth-order valence-electron chi connectivity index (χ4n) is 2.19. The first kappa shape index (κ1) is 19.4. The second kappa shape index (κ2) is 8.52. The highest BCUT2D eigenvalue weighted by atomic mass is 35.5. The number of benzene rings is 2. The van der Waals surface area contributed by atoms with Crippen molar-refractivity contribution in [1.82, 2.24) is 4.98 Å². The molecule has 1 atom stereocenters. The lowest BCUT2D eigenvalue weighted by Gasteiger charge is -2.13. The predicted molar refractivity (Wildman–Crippen MR) is 109 cm³/mol. The molecule has 0 bridgehead atoms. The summed E-state index contributed by atoms with van der Waals surface area (Å²) in [7, 11) is 0. The van der Waals surface area contributed by atoms with Gasteiger partial charge in [0, 0.05) is 11.1 Å². The van der Waals surface area contributed by atoms with Crippen molar-refractivity contribution in [3.63, 3.8) is 0 Å². The normalized spacial score (nSPS) is 12.3. The van der Waals surface area contributed by atoms with Gasteiger partial charge in [-0.25, -0.2) is 9.78 Å². The van der Waals surface area contributed by atoms with Gasteiger partial charge in [-0.2, -0.15) is 0 Å². The number of fused-ring (bicyclic) bond motifs is 1. The summed E-state index contributed by atoms with van der Waals surface area (Å²) in [5.74, 6) is -1.14. The van der Waals surface area contributed by atoms with Gasteiger partial charge in [-0.15, -0.1) is 11.3 Å². The van der Waals surface area contributed by atoms with Crippen molar-refractivity contribution in [3.8, 4) is 0 Å². The molecule has 27 heavy (non-hydrogen) atoms. The SMILES string of the molecule is CC(OC(=O)C=Cc1nc2ccccc2s1)C(=O)Nc1ccc(Cl)cc1Cl. The molecule has 3 aromatic rings. The highest BCUT2D eigenvalue weighted by molar-refractivity contribution is 7.19. The number of anilines is 1. The van der Waals surface area contributed by atoms with Gasteiger partial charge in [-0.1, -0.05) is 35.3 Å². The fraction of sp³-hybridized carbons (Fsp3) is 0.105. The first-order chi connectivity index (χ1) is 12.9. The molecular weight excluding hydrogens is 407 g/mol. The van der Waals surface area contributed by atoms with Gasteiger partial charge in [-0.05, 0) is 43.3 Å². The third-order valence-corrected chi connectivity index (χ3v) is 5.07. The summed E-state index contributed by atoms with van der Waals surface area (Å²) >= 11 is 13.3. The summed E-state index contributed by atoms with van der Waals surface area (Å²) in [4.78, 5) is 28.5. The van der Waals surface area contributed by atoms with E-state index in [1.807, 2.05) is 24.3 Å². The number of rotatable bonds is 5. The van der Waals surface area contributed by atoms with Crippen LogP contribution in [0.1, 0.15) is 11.9 Å². The lowest BCUT2D eigenvalue weighted by molar-refractivity contribution is -0.148. The molecule has 0 saturated heterocycles. The fourth-order valence-corrected chi connectivity index (χ4v) is 3.52. The molecule has 0 spiro atoms. The highest BCUT2D eigenvalue weighted by Crippen LogP contribution is 2.25. The summed E-state index contributed by atoms with van der Waals surface area (Å²) in [6.45, 7) is 1.47. The Morgan fingerprint density at radius 3 is 2.74 bits per heavy atom. The lowest BCUT2D eigenvalue weighted by atomic mass is 10.3. The number of aromatic nitrogens is 1. The Labute approximate surface area is 169 Å². The molecule has 138 valence electrons. The molecule has 8 heteroatoms. The molecule has 0 aliphatic rings. The van der Waals surface area contributed by atoms with Gasteiger partial charge in [0.1, 0.15) is 5.01 Å². The molecule has 5 nitrogen and oxygen atoms in total. The largest absolute Gasteiger partial charge is 0.449 e. The van der Waals surface area contributed by atoms with Gasteiger partial charge in [0.15, 0.2) is 6.10 Å². The molecule has 1 heterocycles. The van der Waals surface area contributed by atoms with Crippen LogP contribution in [0.3, 0.4) is 0 Å². The van der Waals surface area contributed by atoms with Crippen molar-refractivity contribution in [2.75, 3.05) is 5.32 Å². The zero-order valence-electron chi connectivity index (χ0n) is 14.1. The molecule has 1 aromatic heterocycles. The summed E-state index contributed by atoms with van der Waals surface area (Å²) in [6.07, 6.45) is 1.81. The van der Waals surface area contributed by atoms with E-state index < -0.39 is 18.0 Å². The standard InChI is InChI=1S/C19H14Cl2N2O3S/c1-11(19(25)23-14-7-6-12(20)10-13(14)21)26-18(24)9-8-17-22-15-4-2-3-5-16(15)27-17/h2-11H,1H3,(H,23,25). The van der Waals surface area contributed by atoms with Gasteiger partial charge in [0.05, 0.1) is 20.9 Å². The summed E-state index contributed by atoms with van der Waals surface area (Å²) in [5, 5.41) is 4.02. The van der Waals surface area contributed by atoms with Crippen LogP contribution in [0.2, 0.25) is 10.0 Å². The van der Waals surface area contributed by atoms with Gasteiger partial charge in [-0.3, -0.25) is 4.79 Å². The van der Waals surface area contributed by atoms with Crippen molar-refractivity contribution in [1.29, 1.82) is 0 Å². The average molecular weight is 421 g/mol. The number of halogens is 2. The van der Waals surface area contributed by atoms with E-state index >= 15 is 0 Å². The number of amides is 1. The Hall–Kier alpha value is -2.41. The van der Waals surface area contributed by atoms with Crippen LogP contribution in [-0.2, 0) is 14.3 Å². The molecule has 3 rings (SSSR count). The molecule has 1 unspecified atom stereocenters. The molecule has 1 amide bonds. The van der Waals surface area contributed by atoms with Gasteiger partial charge < -0.3 is 10.1 Å². The van der Waals surface area contributed by atoms with Gasteiger partial charge in [0.2, 0.25) is 0 Å². The van der Waals surface area contributed by atoms with E-state index in [0.717, 1.165) is 10.2 Å². The van der Waals surface area contributed by atoms with E-state index in [0.29, 0.717) is 20.7 Å².